The third kappa shape index (κ3) is 1.81. The van der Waals surface area contributed by atoms with Gasteiger partial charge in [0.15, 0.2) is 0 Å². The number of amides is 1. The van der Waals surface area contributed by atoms with Gasteiger partial charge in [-0.05, 0) is 68.2 Å². The minimum Gasteiger partial charge on any atom is -0.333 e. The maximum atomic E-state index is 13.7. The van der Waals surface area contributed by atoms with Gasteiger partial charge in [-0.1, -0.05) is 12.1 Å². The molecule has 0 spiro atoms. The molecule has 1 aromatic rings. The van der Waals surface area contributed by atoms with Crippen molar-refractivity contribution >= 4 is 5.91 Å². The van der Waals surface area contributed by atoms with Crippen molar-refractivity contribution in [3.05, 3.63) is 34.8 Å². The highest BCUT2D eigenvalue weighted by atomic mass is 16.2. The second kappa shape index (κ2) is 4.82. The molecule has 1 amide bonds. The van der Waals surface area contributed by atoms with Gasteiger partial charge in [-0.15, -0.1) is 0 Å². The van der Waals surface area contributed by atoms with Crippen molar-refractivity contribution in [2.24, 2.45) is 5.92 Å². The Morgan fingerprint density at radius 2 is 2.14 bits per heavy atom. The molecule has 0 aromatic heterocycles. The molecule has 3 nitrogen and oxygen atoms in total. The number of hydrogen-bond donors (Lipinski definition) is 0. The second-order valence-electron chi connectivity index (χ2n) is 6.62. The van der Waals surface area contributed by atoms with Crippen molar-refractivity contribution in [1.29, 1.82) is 0 Å². The molecule has 3 fully saturated rings. The van der Waals surface area contributed by atoms with E-state index in [9.17, 15) is 6.17 Å². The van der Waals surface area contributed by atoms with Gasteiger partial charge in [-0.2, -0.15) is 0 Å². The Kier molecular flexibility index (Phi) is 1.64. The van der Waals surface area contributed by atoms with Crippen molar-refractivity contribution in [3.63, 3.8) is 0 Å². The predicted octanol–water partition coefficient (Wildman–Crippen LogP) is 2.66. The normalized spacial score (nSPS) is 49.5. The van der Waals surface area contributed by atoms with Crippen LogP contribution in [0.1, 0.15) is 64.1 Å². The van der Waals surface area contributed by atoms with Crippen LogP contribution in [0.5, 0.6) is 0 Å². The number of piperidine rings is 3. The number of hydrogen-bond acceptors (Lipinski definition) is 2. The average molecular weight is 304 g/mol. The topological polar surface area (TPSA) is 23.6 Å². The fourth-order valence-electron chi connectivity index (χ4n) is 4.26. The Morgan fingerprint density at radius 1 is 1.27 bits per heavy atom. The van der Waals surface area contributed by atoms with Crippen molar-refractivity contribution < 1.29 is 15.8 Å². The Balaban J connectivity index is 1.77. The van der Waals surface area contributed by atoms with E-state index in [2.05, 4.69) is 4.90 Å². The Labute approximate surface area is 143 Å². The summed E-state index contributed by atoms with van der Waals surface area (Å²) in [5.41, 5.74) is -0.231. The highest BCUT2D eigenvalue weighted by molar-refractivity contribution is 5.97. The lowest BCUT2D eigenvalue weighted by molar-refractivity contribution is 0.00258. The van der Waals surface area contributed by atoms with Crippen LogP contribution in [0.2, 0.25) is 0 Å². The molecule has 5 aliphatic rings. The van der Waals surface area contributed by atoms with E-state index in [1.54, 1.807) is 0 Å². The number of rotatable bonds is 1. The molecule has 0 saturated carbocycles. The number of nitrogens with zero attached hydrogens (tertiary/aromatic N) is 2. The average Bonchev–Trinajstić information content (AvgIpc) is 2.65. The fraction of sp³-hybridized carbons (Fsp3) is 0.632. The van der Waals surface area contributed by atoms with Crippen LogP contribution < -0.4 is 0 Å². The maximum Gasteiger partial charge on any atom is 0.254 e. The molecule has 2 bridgehead atoms. The highest BCUT2D eigenvalue weighted by Gasteiger charge is 2.43. The predicted molar refractivity (Wildman–Crippen MR) is 86.1 cm³/mol. The van der Waals surface area contributed by atoms with Crippen LogP contribution in [0, 0.1) is 5.92 Å². The molecular formula is C19H24N2O. The van der Waals surface area contributed by atoms with E-state index in [0.717, 1.165) is 18.0 Å². The van der Waals surface area contributed by atoms with E-state index in [4.69, 9.17) is 9.60 Å². The van der Waals surface area contributed by atoms with E-state index in [1.165, 1.54) is 0 Å². The first-order chi connectivity index (χ1) is 13.9. The first-order valence-electron chi connectivity index (χ1n) is 12.1. The smallest absolute Gasteiger partial charge is 0.254 e. The van der Waals surface area contributed by atoms with Gasteiger partial charge in [-0.3, -0.25) is 4.79 Å². The molecule has 22 heavy (non-hydrogen) atoms. The van der Waals surface area contributed by atoms with E-state index in [1.807, 2.05) is 0 Å². The van der Waals surface area contributed by atoms with Crippen molar-refractivity contribution in [2.75, 3.05) is 26.1 Å². The van der Waals surface area contributed by atoms with Gasteiger partial charge in [-0.25, -0.2) is 0 Å². The summed E-state index contributed by atoms with van der Waals surface area (Å²) < 4.78 is 68.6. The summed E-state index contributed by atoms with van der Waals surface area (Å²) in [6, 6.07) is -2.89. The van der Waals surface area contributed by atoms with E-state index in [-0.39, 0.29) is 42.0 Å². The summed E-state index contributed by atoms with van der Waals surface area (Å²) in [7, 11) is 0. The zero-order valence-electron chi connectivity index (χ0n) is 20.4. The van der Waals surface area contributed by atoms with Gasteiger partial charge in [0.2, 0.25) is 0 Å². The SMILES string of the molecule is [2H]c1c([2H])c2c3c(c1[2H])C([2H])([2H])CC[C@@H]3C([2H])([2H])N([C@]1([2H])CN3CCC1CC3)C2=O. The summed E-state index contributed by atoms with van der Waals surface area (Å²) in [6.07, 6.45) is -0.469. The molecule has 2 atom stereocenters. The molecule has 3 saturated heterocycles. The quantitative estimate of drug-likeness (QED) is 0.796. The van der Waals surface area contributed by atoms with Gasteiger partial charge in [0.25, 0.3) is 5.91 Å². The number of fused-ring (bicyclic) bond motifs is 3. The summed E-state index contributed by atoms with van der Waals surface area (Å²) in [4.78, 5) is 16.8. The summed E-state index contributed by atoms with van der Waals surface area (Å²) in [6.45, 7) is -0.346. The number of carbonyl (C=O) groups is 1. The van der Waals surface area contributed by atoms with Crippen molar-refractivity contribution in [1.82, 2.24) is 9.80 Å². The van der Waals surface area contributed by atoms with Crippen LogP contribution in [-0.4, -0.2) is 47.9 Å². The van der Waals surface area contributed by atoms with Crippen LogP contribution in [0.25, 0.3) is 0 Å². The summed E-state index contributed by atoms with van der Waals surface area (Å²) in [5, 5.41) is 0. The molecule has 6 rings (SSSR count). The molecule has 0 unspecified atom stereocenters. The number of carbonyl (C=O) groups excluding carboxylic acids is 1. The van der Waals surface area contributed by atoms with E-state index >= 15 is 0 Å². The Bertz CT molecular complexity index is 959. The van der Waals surface area contributed by atoms with Crippen LogP contribution in [0.15, 0.2) is 18.1 Å². The van der Waals surface area contributed by atoms with Crippen molar-refractivity contribution in [3.8, 4) is 0 Å². The van der Waals surface area contributed by atoms with Gasteiger partial charge in [0.1, 0.15) is 0 Å². The second-order valence-corrected chi connectivity index (χ2v) is 6.62. The van der Waals surface area contributed by atoms with Gasteiger partial charge < -0.3 is 9.80 Å². The van der Waals surface area contributed by atoms with Crippen LogP contribution in [-0.2, 0) is 6.37 Å². The van der Waals surface area contributed by atoms with Crippen LogP contribution >= 0.6 is 0 Å². The standard InChI is InChI=1S/C19H24N2O/c22-19-16-6-2-4-14-3-1-5-15(18(14)16)11-21(19)17-12-20-9-7-13(17)8-10-20/h2,4,6,13,15,17H,1,3,5,7-12H2/t15-,17-/m1/s1/i2D,3D2,4D,6D,11D2,17D. The third-order valence-electron chi connectivity index (χ3n) is 5.43. The molecule has 1 aromatic carbocycles. The lowest BCUT2D eigenvalue weighted by Crippen LogP contribution is -2.60. The molecular weight excluding hydrogens is 272 g/mol. The molecule has 0 N–H and O–H groups in total. The zero-order chi connectivity index (χ0) is 21.8. The van der Waals surface area contributed by atoms with Gasteiger partial charge in [0, 0.05) is 33.3 Å². The lowest BCUT2D eigenvalue weighted by Gasteiger charge is -2.51. The first kappa shape index (κ1) is 7.48. The minimum atomic E-state index is -2.24. The Morgan fingerprint density at radius 3 is 2.91 bits per heavy atom. The molecule has 0 radical (unpaired) electrons. The van der Waals surface area contributed by atoms with Crippen LogP contribution in [0.4, 0.5) is 0 Å². The largest absolute Gasteiger partial charge is 0.333 e. The van der Waals surface area contributed by atoms with E-state index < -0.39 is 48.8 Å². The fourth-order valence-corrected chi connectivity index (χ4v) is 4.26. The molecule has 1 aliphatic carbocycles. The molecule has 4 aliphatic heterocycles. The Hall–Kier alpha value is -1.35. The molecule has 3 heteroatoms. The molecule has 116 valence electrons. The lowest BCUT2D eigenvalue weighted by atomic mass is 9.75. The number of benzene rings is 1. The summed E-state index contributed by atoms with van der Waals surface area (Å²) >= 11 is 0. The van der Waals surface area contributed by atoms with Gasteiger partial charge in [0.05, 0.1) is 8.22 Å². The van der Waals surface area contributed by atoms with E-state index in [0.29, 0.717) is 12.8 Å². The minimum absolute atomic E-state index is 0.0329. The first-order valence-corrected chi connectivity index (χ1v) is 8.12. The molecule has 4 heterocycles. The van der Waals surface area contributed by atoms with Crippen LogP contribution in [0.3, 0.4) is 0 Å². The summed E-state index contributed by atoms with van der Waals surface area (Å²) in [5.74, 6) is -1.90. The maximum absolute atomic E-state index is 13.7. The van der Waals surface area contributed by atoms with Crippen molar-refractivity contribution in [2.45, 2.75) is 44.0 Å². The van der Waals surface area contributed by atoms with Gasteiger partial charge >= 0.3 is 0 Å². The zero-order valence-corrected chi connectivity index (χ0v) is 12.4. The monoisotopic (exact) mass is 304 g/mol. The highest BCUT2D eigenvalue weighted by Crippen LogP contribution is 2.41. The third-order valence-corrected chi connectivity index (χ3v) is 5.43.